The standard InChI is InChI=1S/C18H17NO/c20-12-10-17(14-5-2-1-3-6-14)15-8-9-18-16(13-15)7-4-11-19-18/h1-9,11,13,17,20H,10,12H2. The molecule has 2 nitrogen and oxygen atoms in total. The monoisotopic (exact) mass is 263 g/mol. The second kappa shape index (κ2) is 5.85. The molecule has 0 bridgehead atoms. The molecule has 0 radical (unpaired) electrons. The molecule has 0 amide bonds. The molecule has 0 aliphatic rings. The quantitative estimate of drug-likeness (QED) is 0.777. The number of benzene rings is 2. The smallest absolute Gasteiger partial charge is 0.0702 e. The first-order valence-electron chi connectivity index (χ1n) is 6.89. The van der Waals surface area contributed by atoms with Gasteiger partial charge in [0.25, 0.3) is 0 Å². The van der Waals surface area contributed by atoms with E-state index in [-0.39, 0.29) is 12.5 Å². The van der Waals surface area contributed by atoms with Crippen molar-refractivity contribution < 1.29 is 5.11 Å². The summed E-state index contributed by atoms with van der Waals surface area (Å²) in [4.78, 5) is 4.35. The van der Waals surface area contributed by atoms with E-state index in [1.807, 2.05) is 30.5 Å². The van der Waals surface area contributed by atoms with Gasteiger partial charge in [-0.1, -0.05) is 42.5 Å². The lowest BCUT2D eigenvalue weighted by Gasteiger charge is -2.17. The fourth-order valence-electron chi connectivity index (χ4n) is 2.65. The maximum absolute atomic E-state index is 9.36. The lowest BCUT2D eigenvalue weighted by molar-refractivity contribution is 0.281. The number of aliphatic hydroxyl groups is 1. The molecule has 0 fully saturated rings. The molecule has 2 aromatic carbocycles. The van der Waals surface area contributed by atoms with Crippen molar-refractivity contribution in [1.82, 2.24) is 4.98 Å². The maximum Gasteiger partial charge on any atom is 0.0702 e. The van der Waals surface area contributed by atoms with Gasteiger partial charge in [0.15, 0.2) is 0 Å². The number of fused-ring (bicyclic) bond motifs is 1. The number of pyridine rings is 1. The average Bonchev–Trinajstić information content (AvgIpc) is 2.53. The van der Waals surface area contributed by atoms with Gasteiger partial charge in [0.05, 0.1) is 5.52 Å². The highest BCUT2D eigenvalue weighted by Crippen LogP contribution is 2.29. The van der Waals surface area contributed by atoms with Crippen LogP contribution in [0, 0.1) is 0 Å². The lowest BCUT2D eigenvalue weighted by atomic mass is 9.88. The van der Waals surface area contributed by atoms with Crippen molar-refractivity contribution in [2.75, 3.05) is 6.61 Å². The Bertz CT molecular complexity index is 694. The van der Waals surface area contributed by atoms with Crippen LogP contribution in [0.4, 0.5) is 0 Å². The van der Waals surface area contributed by atoms with Gasteiger partial charge < -0.3 is 5.11 Å². The van der Waals surface area contributed by atoms with Crippen LogP contribution < -0.4 is 0 Å². The first-order chi connectivity index (χ1) is 9.88. The van der Waals surface area contributed by atoms with Crippen LogP contribution >= 0.6 is 0 Å². The second-order valence-electron chi connectivity index (χ2n) is 4.93. The van der Waals surface area contributed by atoms with E-state index >= 15 is 0 Å². The van der Waals surface area contributed by atoms with Gasteiger partial charge in [-0.3, -0.25) is 4.98 Å². The van der Waals surface area contributed by atoms with Crippen molar-refractivity contribution in [3.05, 3.63) is 78.0 Å². The van der Waals surface area contributed by atoms with Crippen LogP contribution in [-0.2, 0) is 0 Å². The molecule has 0 aliphatic heterocycles. The molecule has 1 heterocycles. The van der Waals surface area contributed by atoms with E-state index in [1.165, 1.54) is 11.1 Å². The van der Waals surface area contributed by atoms with Crippen LogP contribution in [0.1, 0.15) is 23.5 Å². The maximum atomic E-state index is 9.36. The Labute approximate surface area is 118 Å². The Balaban J connectivity index is 2.05. The molecule has 100 valence electrons. The summed E-state index contributed by atoms with van der Waals surface area (Å²) in [5.41, 5.74) is 3.47. The molecule has 3 rings (SSSR count). The van der Waals surface area contributed by atoms with Gasteiger partial charge in [0.2, 0.25) is 0 Å². The van der Waals surface area contributed by atoms with Crippen molar-refractivity contribution >= 4 is 10.9 Å². The Morgan fingerprint density at radius 1 is 0.900 bits per heavy atom. The molecule has 2 heteroatoms. The number of rotatable bonds is 4. The summed E-state index contributed by atoms with van der Waals surface area (Å²) < 4.78 is 0. The first-order valence-corrected chi connectivity index (χ1v) is 6.89. The van der Waals surface area contributed by atoms with Gasteiger partial charge in [-0.2, -0.15) is 0 Å². The van der Waals surface area contributed by atoms with Crippen LogP contribution in [0.15, 0.2) is 66.9 Å². The third-order valence-corrected chi connectivity index (χ3v) is 3.65. The van der Waals surface area contributed by atoms with Gasteiger partial charge >= 0.3 is 0 Å². The van der Waals surface area contributed by atoms with Gasteiger partial charge in [0.1, 0.15) is 0 Å². The molecule has 0 spiro atoms. The molecule has 0 aliphatic carbocycles. The molecular weight excluding hydrogens is 246 g/mol. The topological polar surface area (TPSA) is 33.1 Å². The van der Waals surface area contributed by atoms with Gasteiger partial charge in [0, 0.05) is 24.1 Å². The summed E-state index contributed by atoms with van der Waals surface area (Å²) in [5.74, 6) is 0.228. The summed E-state index contributed by atoms with van der Waals surface area (Å²) in [6, 6.07) is 20.7. The van der Waals surface area contributed by atoms with Crippen LogP contribution in [0.5, 0.6) is 0 Å². The minimum absolute atomic E-state index is 0.185. The third kappa shape index (κ3) is 2.56. The average molecular weight is 263 g/mol. The molecule has 3 aromatic rings. The van der Waals surface area contributed by atoms with E-state index < -0.39 is 0 Å². The molecule has 1 atom stereocenters. The largest absolute Gasteiger partial charge is 0.396 e. The Kier molecular flexibility index (Phi) is 3.75. The van der Waals surface area contributed by atoms with Crippen LogP contribution in [-0.4, -0.2) is 16.7 Å². The van der Waals surface area contributed by atoms with E-state index in [2.05, 4.69) is 41.4 Å². The van der Waals surface area contributed by atoms with E-state index in [0.29, 0.717) is 0 Å². The van der Waals surface area contributed by atoms with E-state index in [0.717, 1.165) is 17.3 Å². The number of aliphatic hydroxyl groups excluding tert-OH is 1. The molecule has 20 heavy (non-hydrogen) atoms. The number of hydrogen-bond donors (Lipinski definition) is 1. The normalized spacial score (nSPS) is 12.4. The fraction of sp³-hybridized carbons (Fsp3) is 0.167. The number of nitrogens with zero attached hydrogens (tertiary/aromatic N) is 1. The highest BCUT2D eigenvalue weighted by atomic mass is 16.3. The number of hydrogen-bond acceptors (Lipinski definition) is 2. The zero-order valence-electron chi connectivity index (χ0n) is 11.2. The van der Waals surface area contributed by atoms with E-state index in [9.17, 15) is 5.11 Å². The lowest BCUT2D eigenvalue weighted by Crippen LogP contribution is -2.03. The Morgan fingerprint density at radius 2 is 1.75 bits per heavy atom. The second-order valence-corrected chi connectivity index (χ2v) is 4.93. The summed E-state index contributed by atoms with van der Waals surface area (Å²) in [6.45, 7) is 0.185. The van der Waals surface area contributed by atoms with Crippen molar-refractivity contribution in [3.8, 4) is 0 Å². The summed E-state index contributed by atoms with van der Waals surface area (Å²) >= 11 is 0. The zero-order chi connectivity index (χ0) is 13.8. The fourth-order valence-corrected chi connectivity index (χ4v) is 2.65. The first kappa shape index (κ1) is 12.8. The summed E-state index contributed by atoms with van der Waals surface area (Å²) in [5, 5.41) is 10.5. The summed E-state index contributed by atoms with van der Waals surface area (Å²) in [6.07, 6.45) is 2.54. The van der Waals surface area contributed by atoms with Gasteiger partial charge in [-0.25, -0.2) is 0 Å². The van der Waals surface area contributed by atoms with Crippen molar-refractivity contribution in [3.63, 3.8) is 0 Å². The van der Waals surface area contributed by atoms with Crippen molar-refractivity contribution in [2.45, 2.75) is 12.3 Å². The van der Waals surface area contributed by atoms with Crippen molar-refractivity contribution in [2.24, 2.45) is 0 Å². The summed E-state index contributed by atoms with van der Waals surface area (Å²) in [7, 11) is 0. The van der Waals surface area contributed by atoms with Crippen LogP contribution in [0.25, 0.3) is 10.9 Å². The van der Waals surface area contributed by atoms with Crippen LogP contribution in [0.3, 0.4) is 0 Å². The van der Waals surface area contributed by atoms with Crippen molar-refractivity contribution in [1.29, 1.82) is 0 Å². The predicted molar refractivity (Wildman–Crippen MR) is 81.7 cm³/mol. The van der Waals surface area contributed by atoms with Gasteiger partial charge in [-0.05, 0) is 35.7 Å². The predicted octanol–water partition coefficient (Wildman–Crippen LogP) is 3.75. The minimum atomic E-state index is 0.185. The molecular formula is C18H17NO. The third-order valence-electron chi connectivity index (χ3n) is 3.65. The van der Waals surface area contributed by atoms with Crippen LogP contribution in [0.2, 0.25) is 0 Å². The molecule has 0 saturated heterocycles. The SMILES string of the molecule is OCCC(c1ccccc1)c1ccc2ncccc2c1. The minimum Gasteiger partial charge on any atom is -0.396 e. The highest BCUT2D eigenvalue weighted by molar-refractivity contribution is 5.79. The molecule has 1 unspecified atom stereocenters. The Hall–Kier alpha value is -2.19. The number of aromatic nitrogens is 1. The zero-order valence-corrected chi connectivity index (χ0v) is 11.2. The molecule has 1 N–H and O–H groups in total. The molecule has 1 aromatic heterocycles. The molecule has 0 saturated carbocycles. The van der Waals surface area contributed by atoms with E-state index in [4.69, 9.17) is 0 Å². The highest BCUT2D eigenvalue weighted by Gasteiger charge is 2.13. The Morgan fingerprint density at radius 3 is 2.55 bits per heavy atom. The van der Waals surface area contributed by atoms with Gasteiger partial charge in [-0.15, -0.1) is 0 Å². The van der Waals surface area contributed by atoms with E-state index in [1.54, 1.807) is 0 Å².